The molecule has 2 aliphatic rings. The predicted octanol–water partition coefficient (Wildman–Crippen LogP) is 3.92. The molecule has 2 aromatic heterocycles. The minimum Gasteiger partial charge on any atom is -0.454 e. The third-order valence-electron chi connectivity index (χ3n) is 5.97. The van der Waals surface area contributed by atoms with Gasteiger partial charge < -0.3 is 18.8 Å². The average molecular weight is 428 g/mol. The SMILES string of the molecule is O=C(Cc1ccc2c(c1)OCO2)N1CCC[C@@H]1c1nnc(-c2nccc3ccccc23)o1. The molecule has 0 unspecified atom stereocenters. The molecule has 32 heavy (non-hydrogen) atoms. The second-order valence-electron chi connectivity index (χ2n) is 7.94. The van der Waals surface area contributed by atoms with Gasteiger partial charge in [-0.3, -0.25) is 9.78 Å². The molecule has 160 valence electrons. The molecule has 0 aliphatic carbocycles. The zero-order chi connectivity index (χ0) is 21.5. The molecule has 0 radical (unpaired) electrons. The van der Waals surface area contributed by atoms with E-state index in [4.69, 9.17) is 13.9 Å². The van der Waals surface area contributed by atoms with Crippen LogP contribution in [0, 0.1) is 0 Å². The van der Waals surface area contributed by atoms with Crippen LogP contribution in [0.1, 0.15) is 30.3 Å². The first-order valence-corrected chi connectivity index (χ1v) is 10.6. The van der Waals surface area contributed by atoms with E-state index < -0.39 is 0 Å². The molecule has 0 spiro atoms. The van der Waals surface area contributed by atoms with Gasteiger partial charge in [0, 0.05) is 18.1 Å². The summed E-state index contributed by atoms with van der Waals surface area (Å²) in [6.07, 6.45) is 3.69. The fourth-order valence-corrected chi connectivity index (χ4v) is 4.40. The Bertz CT molecular complexity index is 1310. The second kappa shape index (κ2) is 7.64. The highest BCUT2D eigenvalue weighted by Crippen LogP contribution is 2.35. The van der Waals surface area contributed by atoms with Crippen molar-refractivity contribution in [2.45, 2.75) is 25.3 Å². The summed E-state index contributed by atoms with van der Waals surface area (Å²) in [5.41, 5.74) is 1.54. The van der Waals surface area contributed by atoms with Crippen LogP contribution in [-0.2, 0) is 11.2 Å². The number of likely N-dealkylation sites (tertiary alicyclic amines) is 1. The van der Waals surface area contributed by atoms with Gasteiger partial charge in [-0.2, -0.15) is 0 Å². The quantitative estimate of drug-likeness (QED) is 0.487. The maximum Gasteiger partial charge on any atom is 0.267 e. The van der Waals surface area contributed by atoms with E-state index in [0.29, 0.717) is 35.5 Å². The lowest BCUT2D eigenvalue weighted by molar-refractivity contribution is -0.131. The van der Waals surface area contributed by atoms with Crippen LogP contribution in [-0.4, -0.2) is 39.3 Å². The molecule has 0 saturated carbocycles. The second-order valence-corrected chi connectivity index (χ2v) is 7.94. The molecule has 2 aliphatic heterocycles. The molecule has 1 saturated heterocycles. The Balaban J connectivity index is 1.24. The van der Waals surface area contributed by atoms with E-state index in [2.05, 4.69) is 15.2 Å². The van der Waals surface area contributed by atoms with Crippen LogP contribution in [0.4, 0.5) is 0 Å². The van der Waals surface area contributed by atoms with Gasteiger partial charge in [-0.05, 0) is 42.0 Å². The van der Waals surface area contributed by atoms with E-state index in [0.717, 1.165) is 29.2 Å². The summed E-state index contributed by atoms with van der Waals surface area (Å²) in [5.74, 6) is 2.23. The van der Waals surface area contributed by atoms with Gasteiger partial charge in [0.05, 0.1) is 6.42 Å². The molecule has 4 heterocycles. The van der Waals surface area contributed by atoms with Crippen LogP contribution in [0.25, 0.3) is 22.4 Å². The molecule has 6 rings (SSSR count). The van der Waals surface area contributed by atoms with Gasteiger partial charge in [0.2, 0.25) is 18.6 Å². The van der Waals surface area contributed by atoms with Gasteiger partial charge in [-0.1, -0.05) is 30.3 Å². The summed E-state index contributed by atoms with van der Waals surface area (Å²) in [6.45, 7) is 0.879. The van der Waals surface area contributed by atoms with Gasteiger partial charge in [0.1, 0.15) is 11.7 Å². The largest absolute Gasteiger partial charge is 0.454 e. The number of hydrogen-bond donors (Lipinski definition) is 0. The van der Waals surface area contributed by atoms with Gasteiger partial charge in [-0.15, -0.1) is 10.2 Å². The number of carbonyl (C=O) groups excluding carboxylic acids is 1. The molecule has 1 fully saturated rings. The Morgan fingerprint density at radius 2 is 1.97 bits per heavy atom. The summed E-state index contributed by atoms with van der Waals surface area (Å²) in [7, 11) is 0. The first kappa shape index (κ1) is 18.8. The van der Waals surface area contributed by atoms with Crippen molar-refractivity contribution >= 4 is 16.7 Å². The fraction of sp³-hybridized carbons (Fsp3) is 0.250. The minimum absolute atomic E-state index is 0.0226. The zero-order valence-corrected chi connectivity index (χ0v) is 17.2. The summed E-state index contributed by atoms with van der Waals surface area (Å²) in [4.78, 5) is 19.4. The lowest BCUT2D eigenvalue weighted by atomic mass is 10.1. The number of fused-ring (bicyclic) bond motifs is 2. The monoisotopic (exact) mass is 428 g/mol. The number of amides is 1. The van der Waals surface area contributed by atoms with Crippen LogP contribution >= 0.6 is 0 Å². The summed E-state index contributed by atoms with van der Waals surface area (Å²) in [6, 6.07) is 15.3. The van der Waals surface area contributed by atoms with Crippen molar-refractivity contribution in [1.29, 1.82) is 0 Å². The van der Waals surface area contributed by atoms with E-state index in [-0.39, 0.29) is 25.2 Å². The standard InChI is InChI=1S/C24H20N4O4/c29-21(13-15-7-8-19-20(12-15)31-14-30-19)28-11-3-6-18(28)23-26-27-24(32-23)22-17-5-2-1-4-16(17)9-10-25-22/h1-2,4-5,7-10,12,18H,3,6,11,13-14H2/t18-/m1/s1. The number of carbonyl (C=O) groups is 1. The zero-order valence-electron chi connectivity index (χ0n) is 17.2. The molecule has 4 aromatic rings. The van der Waals surface area contributed by atoms with Crippen molar-refractivity contribution in [3.05, 3.63) is 66.2 Å². The van der Waals surface area contributed by atoms with Crippen molar-refractivity contribution in [1.82, 2.24) is 20.1 Å². The maximum atomic E-state index is 13.1. The molecular formula is C24H20N4O4. The van der Waals surface area contributed by atoms with Crippen molar-refractivity contribution in [3.63, 3.8) is 0 Å². The number of aromatic nitrogens is 3. The van der Waals surface area contributed by atoms with E-state index in [9.17, 15) is 4.79 Å². The number of hydrogen-bond acceptors (Lipinski definition) is 7. The van der Waals surface area contributed by atoms with E-state index in [1.165, 1.54) is 0 Å². The first-order valence-electron chi connectivity index (χ1n) is 10.6. The highest BCUT2D eigenvalue weighted by Gasteiger charge is 2.34. The number of benzene rings is 2. The number of rotatable bonds is 4. The van der Waals surface area contributed by atoms with E-state index in [1.54, 1.807) is 6.20 Å². The Labute approximate surface area is 183 Å². The smallest absolute Gasteiger partial charge is 0.267 e. The van der Waals surface area contributed by atoms with Crippen LogP contribution in [0.15, 0.2) is 59.1 Å². The molecular weight excluding hydrogens is 408 g/mol. The molecule has 8 heteroatoms. The van der Waals surface area contributed by atoms with Crippen LogP contribution in [0.5, 0.6) is 11.5 Å². The van der Waals surface area contributed by atoms with Gasteiger partial charge >= 0.3 is 0 Å². The highest BCUT2D eigenvalue weighted by atomic mass is 16.7. The fourth-order valence-electron chi connectivity index (χ4n) is 4.40. The topological polar surface area (TPSA) is 90.6 Å². The van der Waals surface area contributed by atoms with Crippen molar-refractivity contribution in [2.24, 2.45) is 0 Å². The van der Waals surface area contributed by atoms with Crippen LogP contribution in [0.2, 0.25) is 0 Å². The Morgan fingerprint density at radius 1 is 1.06 bits per heavy atom. The van der Waals surface area contributed by atoms with Crippen molar-refractivity contribution in [3.8, 4) is 23.1 Å². The molecule has 1 amide bonds. The molecule has 1 atom stereocenters. The third-order valence-corrected chi connectivity index (χ3v) is 5.97. The minimum atomic E-state index is -0.229. The van der Waals surface area contributed by atoms with Crippen molar-refractivity contribution < 1.29 is 18.7 Å². The van der Waals surface area contributed by atoms with Crippen molar-refractivity contribution in [2.75, 3.05) is 13.3 Å². The summed E-state index contributed by atoms with van der Waals surface area (Å²) >= 11 is 0. The highest BCUT2D eigenvalue weighted by molar-refractivity contribution is 5.92. The number of pyridine rings is 1. The lowest BCUT2D eigenvalue weighted by Gasteiger charge is -2.22. The van der Waals surface area contributed by atoms with Crippen LogP contribution < -0.4 is 9.47 Å². The summed E-state index contributed by atoms with van der Waals surface area (Å²) < 4.78 is 16.8. The Morgan fingerprint density at radius 3 is 2.94 bits per heavy atom. The molecule has 8 nitrogen and oxygen atoms in total. The van der Waals surface area contributed by atoms with E-state index >= 15 is 0 Å². The molecule has 0 N–H and O–H groups in total. The van der Waals surface area contributed by atoms with E-state index in [1.807, 2.05) is 53.4 Å². The lowest BCUT2D eigenvalue weighted by Crippen LogP contribution is -2.32. The third kappa shape index (κ3) is 3.24. The Hall–Kier alpha value is -3.94. The van der Waals surface area contributed by atoms with Gasteiger partial charge in [0.15, 0.2) is 11.5 Å². The Kier molecular flexibility index (Phi) is 4.49. The number of ether oxygens (including phenoxy) is 2. The first-order chi connectivity index (χ1) is 15.8. The average Bonchev–Trinajstić information content (AvgIpc) is 3.58. The van der Waals surface area contributed by atoms with Crippen LogP contribution in [0.3, 0.4) is 0 Å². The maximum absolute atomic E-state index is 13.1. The summed E-state index contributed by atoms with van der Waals surface area (Å²) in [5, 5.41) is 10.5. The normalized spacial score (nSPS) is 17.2. The molecule has 0 bridgehead atoms. The number of nitrogens with zero attached hydrogens (tertiary/aromatic N) is 4. The van der Waals surface area contributed by atoms with Gasteiger partial charge in [0.25, 0.3) is 5.89 Å². The molecule has 2 aromatic carbocycles. The van der Waals surface area contributed by atoms with Gasteiger partial charge in [-0.25, -0.2) is 0 Å². The predicted molar refractivity (Wildman–Crippen MR) is 115 cm³/mol.